The SMILES string of the molecule is CCc1cccc(CC)c1NC(=O)c1ccc(CBr)cc1. The number of hydrogen-bond acceptors (Lipinski definition) is 1. The van der Waals surface area contributed by atoms with E-state index in [1.54, 1.807) is 0 Å². The monoisotopic (exact) mass is 345 g/mol. The third-order valence-electron chi connectivity index (χ3n) is 3.61. The summed E-state index contributed by atoms with van der Waals surface area (Å²) < 4.78 is 0. The number of rotatable bonds is 5. The summed E-state index contributed by atoms with van der Waals surface area (Å²) in [6.07, 6.45) is 1.82. The molecule has 0 unspecified atom stereocenters. The smallest absolute Gasteiger partial charge is 0.255 e. The number of aryl methyl sites for hydroxylation is 2. The Labute approximate surface area is 134 Å². The van der Waals surface area contributed by atoms with Crippen molar-refractivity contribution in [1.29, 1.82) is 0 Å². The first-order chi connectivity index (χ1) is 10.2. The van der Waals surface area contributed by atoms with Crippen molar-refractivity contribution < 1.29 is 4.79 Å². The molecule has 0 radical (unpaired) electrons. The van der Waals surface area contributed by atoms with Gasteiger partial charge in [-0.25, -0.2) is 0 Å². The highest BCUT2D eigenvalue weighted by Crippen LogP contribution is 2.23. The second-order valence-electron chi connectivity index (χ2n) is 4.94. The standard InChI is InChI=1S/C18H20BrNO/c1-3-14-6-5-7-15(4-2)17(14)20-18(21)16-10-8-13(12-19)9-11-16/h5-11H,3-4,12H2,1-2H3,(H,20,21). The third-order valence-corrected chi connectivity index (χ3v) is 4.26. The molecule has 2 rings (SSSR count). The molecule has 0 saturated carbocycles. The molecule has 0 aliphatic carbocycles. The zero-order chi connectivity index (χ0) is 15.2. The van der Waals surface area contributed by atoms with Gasteiger partial charge in [0, 0.05) is 16.6 Å². The summed E-state index contributed by atoms with van der Waals surface area (Å²) in [6, 6.07) is 13.9. The highest BCUT2D eigenvalue weighted by molar-refractivity contribution is 9.08. The molecule has 2 aromatic rings. The molecular formula is C18H20BrNO. The van der Waals surface area contributed by atoms with Crippen LogP contribution >= 0.6 is 15.9 Å². The van der Waals surface area contributed by atoms with Crippen LogP contribution in [0, 0.1) is 0 Å². The van der Waals surface area contributed by atoms with Gasteiger partial charge in [0.15, 0.2) is 0 Å². The van der Waals surface area contributed by atoms with Crippen molar-refractivity contribution in [3.8, 4) is 0 Å². The van der Waals surface area contributed by atoms with E-state index in [1.165, 1.54) is 11.1 Å². The molecule has 0 saturated heterocycles. The maximum absolute atomic E-state index is 12.4. The van der Waals surface area contributed by atoms with Crippen LogP contribution in [0.15, 0.2) is 42.5 Å². The summed E-state index contributed by atoms with van der Waals surface area (Å²) in [6.45, 7) is 4.21. The summed E-state index contributed by atoms with van der Waals surface area (Å²) in [4.78, 5) is 12.4. The van der Waals surface area contributed by atoms with E-state index in [4.69, 9.17) is 0 Å². The Balaban J connectivity index is 2.26. The Morgan fingerprint density at radius 1 is 1.00 bits per heavy atom. The van der Waals surface area contributed by atoms with Gasteiger partial charge in [0.2, 0.25) is 0 Å². The van der Waals surface area contributed by atoms with Crippen molar-refractivity contribution in [3.63, 3.8) is 0 Å². The zero-order valence-corrected chi connectivity index (χ0v) is 14.0. The molecule has 2 nitrogen and oxygen atoms in total. The normalized spacial score (nSPS) is 10.4. The molecular weight excluding hydrogens is 326 g/mol. The van der Waals surface area contributed by atoms with Crippen molar-refractivity contribution in [2.45, 2.75) is 32.0 Å². The van der Waals surface area contributed by atoms with Gasteiger partial charge in [-0.15, -0.1) is 0 Å². The molecule has 1 amide bonds. The predicted octanol–water partition coefficient (Wildman–Crippen LogP) is 4.96. The van der Waals surface area contributed by atoms with Gasteiger partial charge in [-0.1, -0.05) is 60.1 Å². The molecule has 0 aliphatic rings. The topological polar surface area (TPSA) is 29.1 Å². The van der Waals surface area contributed by atoms with Crippen molar-refractivity contribution in [2.24, 2.45) is 0 Å². The lowest BCUT2D eigenvalue weighted by Crippen LogP contribution is -2.14. The number of para-hydroxylation sites is 1. The highest BCUT2D eigenvalue weighted by atomic mass is 79.9. The zero-order valence-electron chi connectivity index (χ0n) is 12.4. The van der Waals surface area contributed by atoms with Crippen LogP contribution in [0.3, 0.4) is 0 Å². The van der Waals surface area contributed by atoms with Gasteiger partial charge in [0.05, 0.1) is 0 Å². The van der Waals surface area contributed by atoms with E-state index in [0.717, 1.165) is 29.4 Å². The van der Waals surface area contributed by atoms with Crippen LogP contribution < -0.4 is 5.32 Å². The van der Waals surface area contributed by atoms with Crippen molar-refractivity contribution in [1.82, 2.24) is 0 Å². The largest absolute Gasteiger partial charge is 0.321 e. The lowest BCUT2D eigenvalue weighted by molar-refractivity contribution is 0.102. The minimum atomic E-state index is -0.0493. The van der Waals surface area contributed by atoms with Gasteiger partial charge in [-0.05, 0) is 41.7 Å². The van der Waals surface area contributed by atoms with Gasteiger partial charge in [0.25, 0.3) is 5.91 Å². The highest BCUT2D eigenvalue weighted by Gasteiger charge is 2.11. The number of amides is 1. The molecule has 21 heavy (non-hydrogen) atoms. The molecule has 1 N–H and O–H groups in total. The predicted molar refractivity (Wildman–Crippen MR) is 92.2 cm³/mol. The lowest BCUT2D eigenvalue weighted by atomic mass is 10.0. The van der Waals surface area contributed by atoms with Crippen molar-refractivity contribution in [2.75, 3.05) is 5.32 Å². The summed E-state index contributed by atoms with van der Waals surface area (Å²) >= 11 is 3.41. The van der Waals surface area contributed by atoms with Crippen LogP contribution in [-0.4, -0.2) is 5.91 Å². The number of halogens is 1. The molecule has 0 bridgehead atoms. The first-order valence-corrected chi connectivity index (χ1v) is 8.38. The maximum Gasteiger partial charge on any atom is 0.255 e. The van der Waals surface area contributed by atoms with Crippen LogP contribution in [0.4, 0.5) is 5.69 Å². The first-order valence-electron chi connectivity index (χ1n) is 7.26. The van der Waals surface area contributed by atoms with Gasteiger partial charge in [0.1, 0.15) is 0 Å². The van der Waals surface area contributed by atoms with Crippen molar-refractivity contribution in [3.05, 3.63) is 64.7 Å². The maximum atomic E-state index is 12.4. The van der Waals surface area contributed by atoms with E-state index in [2.05, 4.69) is 53.3 Å². The Bertz CT molecular complexity index is 597. The number of carbonyl (C=O) groups is 1. The van der Waals surface area contributed by atoms with Crippen LogP contribution in [0.1, 0.15) is 40.9 Å². The molecule has 0 heterocycles. The Morgan fingerprint density at radius 2 is 1.57 bits per heavy atom. The first kappa shape index (κ1) is 15.8. The summed E-state index contributed by atoms with van der Waals surface area (Å²) in [5.74, 6) is -0.0493. The fraction of sp³-hybridized carbons (Fsp3) is 0.278. The second kappa shape index (κ2) is 7.41. The number of hydrogen-bond donors (Lipinski definition) is 1. The number of carbonyl (C=O) groups excluding carboxylic acids is 1. The van der Waals surface area contributed by atoms with Gasteiger partial charge in [-0.2, -0.15) is 0 Å². The summed E-state index contributed by atoms with van der Waals surface area (Å²) in [5, 5.41) is 3.88. The lowest BCUT2D eigenvalue weighted by Gasteiger charge is -2.14. The van der Waals surface area contributed by atoms with E-state index in [1.807, 2.05) is 24.3 Å². The van der Waals surface area contributed by atoms with Crippen LogP contribution in [0.5, 0.6) is 0 Å². The van der Waals surface area contributed by atoms with Gasteiger partial charge in [-0.3, -0.25) is 4.79 Å². The van der Waals surface area contributed by atoms with Crippen molar-refractivity contribution >= 4 is 27.5 Å². The fourth-order valence-corrected chi connectivity index (χ4v) is 2.71. The van der Waals surface area contributed by atoms with E-state index in [9.17, 15) is 4.79 Å². The van der Waals surface area contributed by atoms with E-state index in [0.29, 0.717) is 5.56 Å². The average molecular weight is 346 g/mol. The number of anilines is 1. The minimum absolute atomic E-state index is 0.0493. The summed E-state index contributed by atoms with van der Waals surface area (Å²) in [5.41, 5.74) is 5.18. The molecule has 110 valence electrons. The number of alkyl halides is 1. The molecule has 0 aromatic heterocycles. The molecule has 3 heteroatoms. The molecule has 0 spiro atoms. The Hall–Kier alpha value is -1.61. The van der Waals surface area contributed by atoms with E-state index in [-0.39, 0.29) is 5.91 Å². The molecule has 0 fully saturated rings. The van der Waals surface area contributed by atoms with Crippen LogP contribution in [-0.2, 0) is 18.2 Å². The van der Waals surface area contributed by atoms with Gasteiger partial charge < -0.3 is 5.32 Å². The molecule has 2 aromatic carbocycles. The summed E-state index contributed by atoms with van der Waals surface area (Å²) in [7, 11) is 0. The Kier molecular flexibility index (Phi) is 5.57. The van der Waals surface area contributed by atoms with Gasteiger partial charge >= 0.3 is 0 Å². The molecule has 0 atom stereocenters. The quantitative estimate of drug-likeness (QED) is 0.762. The van der Waals surface area contributed by atoms with E-state index < -0.39 is 0 Å². The average Bonchev–Trinajstić information content (AvgIpc) is 2.55. The Morgan fingerprint density at radius 3 is 2.05 bits per heavy atom. The number of benzene rings is 2. The molecule has 0 aliphatic heterocycles. The fourth-order valence-electron chi connectivity index (χ4n) is 2.33. The van der Waals surface area contributed by atoms with E-state index >= 15 is 0 Å². The minimum Gasteiger partial charge on any atom is -0.321 e. The number of nitrogens with one attached hydrogen (secondary N) is 1. The van der Waals surface area contributed by atoms with Crippen LogP contribution in [0.2, 0.25) is 0 Å². The van der Waals surface area contributed by atoms with Crippen LogP contribution in [0.25, 0.3) is 0 Å². The third kappa shape index (κ3) is 3.73. The second-order valence-corrected chi connectivity index (χ2v) is 5.50.